The molecule has 0 saturated carbocycles. The average molecular weight is 402 g/mol. The van der Waals surface area contributed by atoms with Crippen molar-refractivity contribution in [3.8, 4) is 17.1 Å². The Morgan fingerprint density at radius 3 is 2.70 bits per heavy atom. The summed E-state index contributed by atoms with van der Waals surface area (Å²) in [5, 5.41) is 11.7. The second-order valence-corrected chi connectivity index (χ2v) is 8.10. The highest BCUT2D eigenvalue weighted by molar-refractivity contribution is 5.92. The third-order valence-corrected chi connectivity index (χ3v) is 5.98. The van der Waals surface area contributed by atoms with Crippen LogP contribution in [0.1, 0.15) is 42.6 Å². The van der Waals surface area contributed by atoms with Crippen LogP contribution in [0.5, 0.6) is 5.75 Å². The van der Waals surface area contributed by atoms with E-state index in [9.17, 15) is 4.79 Å². The molecule has 2 aromatic carbocycles. The summed E-state index contributed by atoms with van der Waals surface area (Å²) in [4.78, 5) is 12.3. The number of aryl methyl sites for hydroxylation is 3. The van der Waals surface area contributed by atoms with Gasteiger partial charge in [-0.1, -0.05) is 12.5 Å². The first-order valence-electron chi connectivity index (χ1n) is 10.8. The summed E-state index contributed by atoms with van der Waals surface area (Å²) in [6.07, 6.45) is 8.01. The van der Waals surface area contributed by atoms with Crippen LogP contribution in [0.15, 0.2) is 42.5 Å². The van der Waals surface area contributed by atoms with E-state index in [1.807, 2.05) is 30.3 Å². The number of hydrogen-bond acceptors (Lipinski definition) is 4. The zero-order valence-electron chi connectivity index (χ0n) is 17.1. The summed E-state index contributed by atoms with van der Waals surface area (Å²) in [5.41, 5.74) is 4.51. The Bertz CT molecular complexity index is 1060. The standard InChI is InChI=1S/C24H26N4O2/c29-23(16-30-21-13-10-17-5-4-6-19(17)15-21)25-20-11-8-18(9-12-20)24-27-26-22-7-2-1-3-14-28(22)24/h8-13,15H,1-7,14,16H2,(H,25,29). The molecule has 2 aliphatic rings. The number of ether oxygens (including phenoxy) is 1. The Morgan fingerprint density at radius 1 is 0.933 bits per heavy atom. The summed E-state index contributed by atoms with van der Waals surface area (Å²) < 4.78 is 7.92. The normalized spacial score (nSPS) is 15.2. The van der Waals surface area contributed by atoms with Gasteiger partial charge in [-0.15, -0.1) is 10.2 Å². The second-order valence-electron chi connectivity index (χ2n) is 8.10. The summed E-state index contributed by atoms with van der Waals surface area (Å²) in [6, 6.07) is 13.9. The van der Waals surface area contributed by atoms with Crippen LogP contribution in [-0.2, 0) is 30.6 Å². The molecule has 3 aromatic rings. The highest BCUT2D eigenvalue weighted by atomic mass is 16.5. The van der Waals surface area contributed by atoms with E-state index < -0.39 is 0 Å². The number of aromatic nitrogens is 3. The van der Waals surface area contributed by atoms with E-state index in [4.69, 9.17) is 4.74 Å². The van der Waals surface area contributed by atoms with E-state index in [1.54, 1.807) is 0 Å². The Kier molecular flexibility index (Phi) is 5.22. The molecule has 0 bridgehead atoms. The molecule has 154 valence electrons. The maximum Gasteiger partial charge on any atom is 0.262 e. The molecule has 0 atom stereocenters. The molecule has 5 rings (SSSR count). The largest absolute Gasteiger partial charge is 0.484 e. The van der Waals surface area contributed by atoms with Gasteiger partial charge in [0.2, 0.25) is 0 Å². The van der Waals surface area contributed by atoms with Crippen molar-refractivity contribution < 1.29 is 9.53 Å². The molecule has 1 amide bonds. The first-order valence-corrected chi connectivity index (χ1v) is 10.8. The Morgan fingerprint density at radius 2 is 1.80 bits per heavy atom. The minimum atomic E-state index is -0.167. The summed E-state index contributed by atoms with van der Waals surface area (Å²) in [7, 11) is 0. The van der Waals surface area contributed by atoms with Gasteiger partial charge in [-0.2, -0.15) is 0 Å². The van der Waals surface area contributed by atoms with Crippen LogP contribution in [0, 0.1) is 0 Å². The molecule has 2 heterocycles. The molecule has 6 nitrogen and oxygen atoms in total. The second kappa shape index (κ2) is 8.30. The van der Waals surface area contributed by atoms with E-state index in [-0.39, 0.29) is 12.5 Å². The van der Waals surface area contributed by atoms with Gasteiger partial charge < -0.3 is 14.6 Å². The van der Waals surface area contributed by atoms with Crippen LogP contribution in [0.3, 0.4) is 0 Å². The number of carbonyl (C=O) groups is 1. The molecular formula is C24H26N4O2. The third kappa shape index (κ3) is 3.95. The Balaban J connectivity index is 1.20. The van der Waals surface area contributed by atoms with Crippen LogP contribution in [-0.4, -0.2) is 27.3 Å². The third-order valence-electron chi connectivity index (χ3n) is 5.98. The number of amides is 1. The van der Waals surface area contributed by atoms with Gasteiger partial charge >= 0.3 is 0 Å². The minimum absolute atomic E-state index is 0.00176. The maximum absolute atomic E-state index is 12.3. The van der Waals surface area contributed by atoms with Crippen molar-refractivity contribution in [3.05, 3.63) is 59.4 Å². The molecule has 1 aromatic heterocycles. The Hall–Kier alpha value is -3.15. The van der Waals surface area contributed by atoms with Crippen molar-refractivity contribution >= 4 is 11.6 Å². The van der Waals surface area contributed by atoms with Crippen LogP contribution in [0.4, 0.5) is 5.69 Å². The fourth-order valence-electron chi connectivity index (χ4n) is 4.39. The van der Waals surface area contributed by atoms with Crippen molar-refractivity contribution in [1.82, 2.24) is 14.8 Å². The van der Waals surface area contributed by atoms with Gasteiger partial charge in [0, 0.05) is 24.2 Å². The molecule has 0 spiro atoms. The summed E-state index contributed by atoms with van der Waals surface area (Å²) in [5.74, 6) is 2.57. The van der Waals surface area contributed by atoms with Crippen LogP contribution in [0.2, 0.25) is 0 Å². The van der Waals surface area contributed by atoms with Gasteiger partial charge in [-0.3, -0.25) is 4.79 Å². The van der Waals surface area contributed by atoms with Crippen LogP contribution >= 0.6 is 0 Å². The quantitative estimate of drug-likeness (QED) is 0.695. The fourth-order valence-corrected chi connectivity index (χ4v) is 4.39. The van der Waals surface area contributed by atoms with Gasteiger partial charge in [0.25, 0.3) is 5.91 Å². The van der Waals surface area contributed by atoms with E-state index in [1.165, 1.54) is 30.4 Å². The molecule has 30 heavy (non-hydrogen) atoms. The number of benzene rings is 2. The van der Waals surface area contributed by atoms with E-state index in [0.29, 0.717) is 0 Å². The molecule has 0 saturated heterocycles. The van der Waals surface area contributed by atoms with Crippen molar-refractivity contribution in [2.45, 2.75) is 51.5 Å². The van der Waals surface area contributed by atoms with Crippen molar-refractivity contribution in [2.24, 2.45) is 0 Å². The number of fused-ring (bicyclic) bond motifs is 2. The van der Waals surface area contributed by atoms with Gasteiger partial charge in [0.15, 0.2) is 12.4 Å². The molecule has 0 unspecified atom stereocenters. The highest BCUT2D eigenvalue weighted by Gasteiger charge is 2.16. The van der Waals surface area contributed by atoms with E-state index in [0.717, 1.165) is 60.9 Å². The molecule has 1 N–H and O–H groups in total. The molecular weight excluding hydrogens is 376 g/mol. The molecule has 1 aliphatic carbocycles. The lowest BCUT2D eigenvalue weighted by atomic mass is 10.1. The van der Waals surface area contributed by atoms with Crippen molar-refractivity contribution in [1.29, 1.82) is 0 Å². The predicted molar refractivity (Wildman–Crippen MR) is 116 cm³/mol. The average Bonchev–Trinajstić information content (AvgIpc) is 3.33. The zero-order chi connectivity index (χ0) is 20.3. The van der Waals surface area contributed by atoms with E-state index in [2.05, 4.69) is 32.2 Å². The molecule has 6 heteroatoms. The number of nitrogens with one attached hydrogen (secondary N) is 1. The topological polar surface area (TPSA) is 69.0 Å². The molecule has 1 aliphatic heterocycles. The first kappa shape index (κ1) is 18.9. The highest BCUT2D eigenvalue weighted by Crippen LogP contribution is 2.26. The first-order chi connectivity index (χ1) is 14.8. The molecule has 0 fully saturated rings. The lowest BCUT2D eigenvalue weighted by Gasteiger charge is -2.10. The maximum atomic E-state index is 12.3. The number of hydrogen-bond donors (Lipinski definition) is 1. The number of nitrogens with zero attached hydrogens (tertiary/aromatic N) is 3. The Labute approximate surface area is 176 Å². The smallest absolute Gasteiger partial charge is 0.262 e. The fraction of sp³-hybridized carbons (Fsp3) is 0.375. The zero-order valence-corrected chi connectivity index (χ0v) is 17.1. The van der Waals surface area contributed by atoms with Gasteiger partial charge in [-0.05, 0) is 79.6 Å². The number of carbonyl (C=O) groups excluding carboxylic acids is 1. The minimum Gasteiger partial charge on any atom is -0.484 e. The van der Waals surface area contributed by atoms with Crippen molar-refractivity contribution in [2.75, 3.05) is 11.9 Å². The van der Waals surface area contributed by atoms with Crippen LogP contribution in [0.25, 0.3) is 11.4 Å². The summed E-state index contributed by atoms with van der Waals surface area (Å²) >= 11 is 0. The number of anilines is 1. The lowest BCUT2D eigenvalue weighted by molar-refractivity contribution is -0.118. The van der Waals surface area contributed by atoms with Crippen molar-refractivity contribution in [3.63, 3.8) is 0 Å². The monoisotopic (exact) mass is 402 g/mol. The SMILES string of the molecule is O=C(COc1ccc2c(c1)CCC2)Nc1ccc(-c2nnc3n2CCCCC3)cc1. The van der Waals surface area contributed by atoms with Gasteiger partial charge in [0.1, 0.15) is 11.6 Å². The number of rotatable bonds is 5. The lowest BCUT2D eigenvalue weighted by Crippen LogP contribution is -2.20. The van der Waals surface area contributed by atoms with Crippen LogP contribution < -0.4 is 10.1 Å². The molecule has 0 radical (unpaired) electrons. The predicted octanol–water partition coefficient (Wildman–Crippen LogP) is 4.18. The summed E-state index contributed by atoms with van der Waals surface area (Å²) in [6.45, 7) is 0.967. The van der Waals surface area contributed by atoms with Gasteiger partial charge in [-0.25, -0.2) is 0 Å². The van der Waals surface area contributed by atoms with E-state index >= 15 is 0 Å². The van der Waals surface area contributed by atoms with Gasteiger partial charge in [0.05, 0.1) is 0 Å².